The lowest BCUT2D eigenvalue weighted by Crippen LogP contribution is -2.01. The second-order valence-electron chi connectivity index (χ2n) is 2.38. The molecular formula is C8H13BrO3. The Kier molecular flexibility index (Phi) is 7.05. The van der Waals surface area contributed by atoms with Crippen molar-refractivity contribution in [2.24, 2.45) is 0 Å². The summed E-state index contributed by atoms with van der Waals surface area (Å²) in [6, 6.07) is 0. The van der Waals surface area contributed by atoms with Crippen molar-refractivity contribution in [1.29, 1.82) is 0 Å². The summed E-state index contributed by atoms with van der Waals surface area (Å²) >= 11 is 3.25. The Morgan fingerprint density at radius 1 is 1.75 bits per heavy atom. The van der Waals surface area contributed by atoms with Crippen LogP contribution >= 0.6 is 15.9 Å². The quantitative estimate of drug-likeness (QED) is 0.542. The summed E-state index contributed by atoms with van der Waals surface area (Å²) in [7, 11) is 0. The molecule has 3 nitrogen and oxygen atoms in total. The average molecular weight is 237 g/mol. The van der Waals surface area contributed by atoms with Crippen molar-refractivity contribution >= 4 is 28.2 Å². The number of hydrogen-bond donors (Lipinski definition) is 0. The number of ketones is 1. The first-order valence-corrected chi connectivity index (χ1v) is 4.86. The minimum absolute atomic E-state index is 0.187. The second kappa shape index (κ2) is 7.28. The van der Waals surface area contributed by atoms with Gasteiger partial charge in [0.25, 0.3) is 6.47 Å². The molecule has 12 heavy (non-hydrogen) atoms. The highest BCUT2D eigenvalue weighted by Gasteiger charge is 2.20. The van der Waals surface area contributed by atoms with Gasteiger partial charge in [-0.25, -0.2) is 0 Å². The van der Waals surface area contributed by atoms with Crippen molar-refractivity contribution in [3.8, 4) is 0 Å². The molecule has 0 saturated heterocycles. The molecule has 0 bridgehead atoms. The normalized spacial score (nSPS) is 21.2. The van der Waals surface area contributed by atoms with Crippen LogP contribution < -0.4 is 0 Å². The number of carbonyl (C=O) groups excluding carboxylic acids is 2. The molecule has 0 spiro atoms. The van der Waals surface area contributed by atoms with Gasteiger partial charge in [-0.05, 0) is 19.8 Å². The Morgan fingerprint density at radius 3 is 2.50 bits per heavy atom. The van der Waals surface area contributed by atoms with Crippen LogP contribution in [0.3, 0.4) is 0 Å². The SMILES string of the molecule is CCOC=O.O=C1CCCC1Br. The summed E-state index contributed by atoms with van der Waals surface area (Å²) in [5.74, 6) is 0.375. The Bertz CT molecular complexity index is 147. The molecule has 1 aliphatic carbocycles. The predicted octanol–water partition coefficient (Wildman–Crippen LogP) is 1.68. The van der Waals surface area contributed by atoms with E-state index in [1.807, 2.05) is 0 Å². The molecule has 1 saturated carbocycles. The van der Waals surface area contributed by atoms with Crippen molar-refractivity contribution in [2.45, 2.75) is 31.0 Å². The molecule has 0 amide bonds. The van der Waals surface area contributed by atoms with Gasteiger partial charge < -0.3 is 4.74 Å². The first-order chi connectivity index (χ1) is 5.72. The van der Waals surface area contributed by atoms with Crippen LogP contribution in [0.4, 0.5) is 0 Å². The maximum Gasteiger partial charge on any atom is 0.293 e. The second-order valence-corrected chi connectivity index (χ2v) is 3.48. The van der Waals surface area contributed by atoms with Crippen LogP contribution in [0.1, 0.15) is 26.2 Å². The lowest BCUT2D eigenvalue weighted by Gasteiger charge is -1.88. The number of rotatable bonds is 2. The number of Topliss-reactive ketones (excluding diaryl/α,β-unsaturated/α-hetero) is 1. The monoisotopic (exact) mass is 236 g/mol. The zero-order chi connectivity index (χ0) is 9.40. The highest BCUT2D eigenvalue weighted by atomic mass is 79.9. The number of alkyl halides is 1. The van der Waals surface area contributed by atoms with Gasteiger partial charge in [0.05, 0.1) is 11.4 Å². The van der Waals surface area contributed by atoms with Crippen molar-refractivity contribution in [1.82, 2.24) is 0 Å². The zero-order valence-corrected chi connectivity index (χ0v) is 8.67. The summed E-state index contributed by atoms with van der Waals surface area (Å²) in [4.78, 5) is 19.9. The molecule has 0 N–H and O–H groups in total. The van der Waals surface area contributed by atoms with Gasteiger partial charge in [0.1, 0.15) is 5.78 Å². The van der Waals surface area contributed by atoms with E-state index < -0.39 is 0 Å². The first-order valence-electron chi connectivity index (χ1n) is 3.94. The summed E-state index contributed by atoms with van der Waals surface area (Å²) in [5.41, 5.74) is 0. The topological polar surface area (TPSA) is 43.4 Å². The third-order valence-corrected chi connectivity index (χ3v) is 2.43. The molecule has 0 radical (unpaired) electrons. The van der Waals surface area contributed by atoms with E-state index in [4.69, 9.17) is 0 Å². The fourth-order valence-corrected chi connectivity index (χ4v) is 1.39. The first kappa shape index (κ1) is 11.6. The van der Waals surface area contributed by atoms with Crippen molar-refractivity contribution in [3.63, 3.8) is 0 Å². The van der Waals surface area contributed by atoms with Gasteiger partial charge in [0, 0.05) is 6.42 Å². The van der Waals surface area contributed by atoms with Crippen LogP contribution in [0.15, 0.2) is 0 Å². The van der Waals surface area contributed by atoms with Gasteiger partial charge in [0.2, 0.25) is 0 Å². The minimum atomic E-state index is 0.187. The molecule has 1 fully saturated rings. The molecule has 0 aliphatic heterocycles. The Hall–Kier alpha value is -0.380. The summed E-state index contributed by atoms with van der Waals surface area (Å²) in [6.07, 6.45) is 2.91. The lowest BCUT2D eigenvalue weighted by atomic mass is 10.4. The number of ether oxygens (including phenoxy) is 1. The van der Waals surface area contributed by atoms with Gasteiger partial charge in [-0.3, -0.25) is 9.59 Å². The maximum atomic E-state index is 10.5. The van der Waals surface area contributed by atoms with E-state index in [1.165, 1.54) is 0 Å². The molecule has 0 heterocycles. The van der Waals surface area contributed by atoms with Crippen molar-refractivity contribution < 1.29 is 14.3 Å². The van der Waals surface area contributed by atoms with E-state index in [2.05, 4.69) is 20.7 Å². The van der Waals surface area contributed by atoms with Crippen molar-refractivity contribution in [2.75, 3.05) is 6.61 Å². The van der Waals surface area contributed by atoms with Gasteiger partial charge in [0.15, 0.2) is 0 Å². The standard InChI is InChI=1S/C5H7BrO.C3H6O2/c6-4-2-1-3-5(4)7;1-2-5-3-4/h4H,1-3H2;3H,2H2,1H3. The third-order valence-electron chi connectivity index (χ3n) is 1.46. The molecule has 0 aromatic heterocycles. The zero-order valence-electron chi connectivity index (χ0n) is 7.09. The highest BCUT2D eigenvalue weighted by Crippen LogP contribution is 2.20. The van der Waals surface area contributed by atoms with Crippen LogP contribution in [0.5, 0.6) is 0 Å². The van der Waals surface area contributed by atoms with Crippen LogP contribution in [-0.4, -0.2) is 23.7 Å². The summed E-state index contributed by atoms with van der Waals surface area (Å²) in [5, 5.41) is 0. The van der Waals surface area contributed by atoms with E-state index in [0.717, 1.165) is 19.3 Å². The number of halogens is 1. The van der Waals surface area contributed by atoms with Crippen LogP contribution in [0.2, 0.25) is 0 Å². The highest BCUT2D eigenvalue weighted by molar-refractivity contribution is 9.10. The van der Waals surface area contributed by atoms with Gasteiger partial charge in [-0.15, -0.1) is 0 Å². The van der Waals surface area contributed by atoms with Crippen LogP contribution in [-0.2, 0) is 14.3 Å². The molecule has 1 aliphatic rings. The average Bonchev–Trinajstić information content (AvgIpc) is 2.39. The largest absolute Gasteiger partial charge is 0.468 e. The summed E-state index contributed by atoms with van der Waals surface area (Å²) in [6.45, 7) is 2.66. The van der Waals surface area contributed by atoms with Crippen molar-refractivity contribution in [3.05, 3.63) is 0 Å². The Balaban J connectivity index is 0.000000217. The lowest BCUT2D eigenvalue weighted by molar-refractivity contribution is -0.128. The fourth-order valence-electron chi connectivity index (χ4n) is 0.841. The molecule has 70 valence electrons. The van der Waals surface area contributed by atoms with Gasteiger partial charge in [-0.2, -0.15) is 0 Å². The van der Waals surface area contributed by atoms with E-state index in [0.29, 0.717) is 18.9 Å². The number of carbonyl (C=O) groups is 2. The Labute approximate surface area is 80.6 Å². The molecule has 1 atom stereocenters. The molecule has 1 rings (SSSR count). The summed E-state index contributed by atoms with van der Waals surface area (Å²) < 4.78 is 4.15. The maximum absolute atomic E-state index is 10.5. The Morgan fingerprint density at radius 2 is 2.42 bits per heavy atom. The van der Waals surface area contributed by atoms with E-state index in [-0.39, 0.29) is 4.83 Å². The molecular weight excluding hydrogens is 224 g/mol. The fraction of sp³-hybridized carbons (Fsp3) is 0.750. The third kappa shape index (κ3) is 5.29. The molecule has 1 unspecified atom stereocenters. The number of hydrogen-bond acceptors (Lipinski definition) is 3. The van der Waals surface area contributed by atoms with E-state index in [1.54, 1.807) is 6.92 Å². The van der Waals surface area contributed by atoms with Gasteiger partial charge >= 0.3 is 0 Å². The van der Waals surface area contributed by atoms with Crippen LogP contribution in [0.25, 0.3) is 0 Å². The molecule has 4 heteroatoms. The predicted molar refractivity (Wildman–Crippen MR) is 49.3 cm³/mol. The van der Waals surface area contributed by atoms with Crippen LogP contribution in [0, 0.1) is 0 Å². The van der Waals surface area contributed by atoms with E-state index >= 15 is 0 Å². The smallest absolute Gasteiger partial charge is 0.293 e. The van der Waals surface area contributed by atoms with Gasteiger partial charge in [-0.1, -0.05) is 15.9 Å². The van der Waals surface area contributed by atoms with E-state index in [9.17, 15) is 9.59 Å². The molecule has 0 aromatic rings. The molecule has 0 aromatic carbocycles. The minimum Gasteiger partial charge on any atom is -0.468 e.